The second kappa shape index (κ2) is 7.28. The number of piperidine rings is 1. The largest absolute Gasteiger partial charge is 0.347 e. The van der Waals surface area contributed by atoms with Crippen molar-refractivity contribution in [3.8, 4) is 0 Å². The van der Waals surface area contributed by atoms with Gasteiger partial charge in [-0.25, -0.2) is 9.38 Å². The van der Waals surface area contributed by atoms with Gasteiger partial charge in [0.05, 0.1) is 18.7 Å². The molecule has 0 atom stereocenters. The predicted octanol–water partition coefficient (Wildman–Crippen LogP) is 3.52. The van der Waals surface area contributed by atoms with E-state index in [1.807, 2.05) is 6.07 Å². The molecule has 7 nitrogen and oxygen atoms in total. The van der Waals surface area contributed by atoms with Crippen LogP contribution in [0.4, 0.5) is 5.95 Å². The third kappa shape index (κ3) is 3.25. The molecule has 2 aromatic carbocycles. The molecule has 158 valence electrons. The Morgan fingerprint density at radius 2 is 1.74 bits per heavy atom. The lowest BCUT2D eigenvalue weighted by Crippen LogP contribution is -2.46. The van der Waals surface area contributed by atoms with E-state index >= 15 is 0 Å². The van der Waals surface area contributed by atoms with Crippen LogP contribution >= 0.6 is 0 Å². The van der Waals surface area contributed by atoms with E-state index in [4.69, 9.17) is 14.5 Å². The fourth-order valence-electron chi connectivity index (χ4n) is 4.72. The Morgan fingerprint density at radius 3 is 2.52 bits per heavy atom. The first-order valence-electron chi connectivity index (χ1n) is 10.9. The highest BCUT2D eigenvalue weighted by Gasteiger charge is 2.40. The predicted molar refractivity (Wildman–Crippen MR) is 118 cm³/mol. The molecule has 0 radical (unpaired) electrons. The third-order valence-corrected chi connectivity index (χ3v) is 6.37. The Morgan fingerprint density at radius 1 is 0.968 bits per heavy atom. The second-order valence-electron chi connectivity index (χ2n) is 8.46. The molecule has 0 unspecified atom stereocenters. The molecule has 7 heteroatoms. The van der Waals surface area contributed by atoms with E-state index in [1.165, 1.54) is 11.1 Å². The monoisotopic (exact) mass is 415 g/mol. The topological polar surface area (TPSA) is 64.8 Å². The van der Waals surface area contributed by atoms with Crippen molar-refractivity contribution >= 4 is 22.5 Å². The molecule has 6 rings (SSSR count). The summed E-state index contributed by atoms with van der Waals surface area (Å²) in [7, 11) is 0. The van der Waals surface area contributed by atoms with Gasteiger partial charge in [0.1, 0.15) is 5.82 Å². The number of nitrogens with zero attached hydrogens (tertiary/aromatic N) is 5. The van der Waals surface area contributed by atoms with Crippen molar-refractivity contribution in [3.63, 3.8) is 0 Å². The maximum Gasteiger partial charge on any atom is 0.213 e. The second-order valence-corrected chi connectivity index (χ2v) is 8.46. The lowest BCUT2D eigenvalue weighted by molar-refractivity contribution is -0.169. The summed E-state index contributed by atoms with van der Waals surface area (Å²) in [5, 5.41) is 10.2. The van der Waals surface area contributed by atoms with Gasteiger partial charge in [-0.05, 0) is 24.6 Å². The fourth-order valence-corrected chi connectivity index (χ4v) is 4.72. The van der Waals surface area contributed by atoms with Crippen LogP contribution in [0.5, 0.6) is 0 Å². The summed E-state index contributed by atoms with van der Waals surface area (Å²) >= 11 is 0. The lowest BCUT2D eigenvalue weighted by Gasteiger charge is -2.38. The average Bonchev–Trinajstić information content (AvgIpc) is 3.43. The van der Waals surface area contributed by atoms with Gasteiger partial charge in [-0.3, -0.25) is 0 Å². The maximum absolute atomic E-state index is 5.92. The van der Waals surface area contributed by atoms with Crippen molar-refractivity contribution in [3.05, 3.63) is 65.5 Å². The molecule has 4 aromatic rings. The number of fused-ring (bicyclic) bond motifs is 3. The molecule has 4 heterocycles. The summed E-state index contributed by atoms with van der Waals surface area (Å²) < 4.78 is 14.0. The Hall–Kier alpha value is -3.03. The van der Waals surface area contributed by atoms with Crippen LogP contribution in [0.3, 0.4) is 0 Å². The summed E-state index contributed by atoms with van der Waals surface area (Å²) in [5.41, 5.74) is 4.20. The van der Waals surface area contributed by atoms with E-state index in [9.17, 15) is 0 Å². The first-order chi connectivity index (χ1) is 15.2. The van der Waals surface area contributed by atoms with Gasteiger partial charge in [-0.15, -0.1) is 10.2 Å². The molecule has 0 amide bonds. The van der Waals surface area contributed by atoms with E-state index < -0.39 is 5.79 Å². The van der Waals surface area contributed by atoms with Crippen molar-refractivity contribution in [2.24, 2.45) is 0 Å². The number of benzene rings is 2. The molecule has 0 N–H and O–H groups in total. The van der Waals surface area contributed by atoms with Gasteiger partial charge in [-0.2, -0.15) is 0 Å². The van der Waals surface area contributed by atoms with Gasteiger partial charge in [0.15, 0.2) is 11.4 Å². The zero-order valence-electron chi connectivity index (χ0n) is 17.6. The van der Waals surface area contributed by atoms with Gasteiger partial charge < -0.3 is 14.4 Å². The number of aromatic nitrogens is 4. The highest BCUT2D eigenvalue weighted by Crippen LogP contribution is 2.34. The molecule has 31 heavy (non-hydrogen) atoms. The molecular formula is C24H25N5O2. The molecular weight excluding hydrogens is 390 g/mol. The number of aryl methyl sites for hydroxylation is 1. The standard InChI is InChI=1S/C24H25N5O2/c1-17-7-8-20-19(15-17)22-27-26-21(16-18-5-3-2-4-6-18)29(22)23(25-20)28-11-9-24(10-12-28)30-13-14-31-24/h2-8,15H,9-14,16H2,1H3. The smallest absolute Gasteiger partial charge is 0.213 e. The van der Waals surface area contributed by atoms with Crippen LogP contribution in [0.15, 0.2) is 48.5 Å². The van der Waals surface area contributed by atoms with E-state index in [2.05, 4.69) is 68.9 Å². The zero-order chi connectivity index (χ0) is 20.8. The van der Waals surface area contributed by atoms with Gasteiger partial charge in [0.2, 0.25) is 5.95 Å². The van der Waals surface area contributed by atoms with E-state index in [0.717, 1.165) is 54.3 Å². The number of hydrogen-bond donors (Lipinski definition) is 0. The third-order valence-electron chi connectivity index (χ3n) is 6.37. The van der Waals surface area contributed by atoms with E-state index in [0.29, 0.717) is 19.6 Å². The average molecular weight is 415 g/mol. The summed E-state index contributed by atoms with van der Waals surface area (Å²) in [6.07, 6.45) is 2.37. The van der Waals surface area contributed by atoms with Gasteiger partial charge in [0, 0.05) is 37.7 Å². The van der Waals surface area contributed by atoms with Crippen LogP contribution in [0.2, 0.25) is 0 Å². The highest BCUT2D eigenvalue weighted by molar-refractivity contribution is 5.93. The molecule has 2 fully saturated rings. The number of ether oxygens (including phenoxy) is 2. The van der Waals surface area contributed by atoms with Crippen LogP contribution in [0.25, 0.3) is 16.6 Å². The van der Waals surface area contributed by atoms with Crippen molar-refractivity contribution in [2.45, 2.75) is 32.0 Å². The summed E-state index contributed by atoms with van der Waals surface area (Å²) in [5.74, 6) is 1.39. The molecule has 2 aliphatic heterocycles. The van der Waals surface area contributed by atoms with E-state index in [1.54, 1.807) is 0 Å². The number of rotatable bonds is 3. The first kappa shape index (κ1) is 18.7. The number of hydrogen-bond acceptors (Lipinski definition) is 6. The lowest BCUT2D eigenvalue weighted by atomic mass is 10.0. The SMILES string of the molecule is Cc1ccc2nc(N3CCC4(CC3)OCCO4)n3c(Cc4ccccc4)nnc3c2c1. The van der Waals surface area contributed by atoms with Crippen LogP contribution in [0.1, 0.15) is 29.8 Å². The minimum absolute atomic E-state index is 0.413. The summed E-state index contributed by atoms with van der Waals surface area (Å²) in [6, 6.07) is 16.7. The number of anilines is 1. The normalized spacial score (nSPS) is 18.4. The summed E-state index contributed by atoms with van der Waals surface area (Å²) in [4.78, 5) is 7.40. The van der Waals surface area contributed by atoms with Crippen LogP contribution in [0, 0.1) is 6.92 Å². The Kier molecular flexibility index (Phi) is 4.40. The molecule has 2 aliphatic rings. The van der Waals surface area contributed by atoms with Crippen LogP contribution in [-0.2, 0) is 15.9 Å². The molecule has 2 saturated heterocycles. The molecule has 2 aromatic heterocycles. The van der Waals surface area contributed by atoms with Crippen molar-refractivity contribution in [2.75, 3.05) is 31.2 Å². The van der Waals surface area contributed by atoms with Gasteiger partial charge in [-0.1, -0.05) is 42.0 Å². The molecule has 0 bridgehead atoms. The minimum Gasteiger partial charge on any atom is -0.347 e. The van der Waals surface area contributed by atoms with Crippen molar-refractivity contribution in [1.82, 2.24) is 19.6 Å². The minimum atomic E-state index is -0.413. The first-order valence-corrected chi connectivity index (χ1v) is 10.9. The van der Waals surface area contributed by atoms with Gasteiger partial charge in [0.25, 0.3) is 0 Å². The molecule has 1 spiro atoms. The fraction of sp³-hybridized carbons (Fsp3) is 0.375. The summed E-state index contributed by atoms with van der Waals surface area (Å²) in [6.45, 7) is 5.11. The Bertz CT molecular complexity index is 1240. The van der Waals surface area contributed by atoms with Crippen LogP contribution < -0.4 is 4.90 Å². The van der Waals surface area contributed by atoms with E-state index in [-0.39, 0.29) is 0 Å². The van der Waals surface area contributed by atoms with Crippen molar-refractivity contribution < 1.29 is 9.47 Å². The van der Waals surface area contributed by atoms with Crippen molar-refractivity contribution in [1.29, 1.82) is 0 Å². The molecule has 0 aliphatic carbocycles. The van der Waals surface area contributed by atoms with Gasteiger partial charge >= 0.3 is 0 Å². The highest BCUT2D eigenvalue weighted by atomic mass is 16.7. The zero-order valence-corrected chi connectivity index (χ0v) is 17.6. The maximum atomic E-state index is 5.92. The molecule has 0 saturated carbocycles. The van der Waals surface area contributed by atoms with Crippen LogP contribution in [-0.4, -0.2) is 51.7 Å². The Labute approximate surface area is 180 Å². The Balaban J connectivity index is 1.46. The quantitative estimate of drug-likeness (QED) is 0.510.